The summed E-state index contributed by atoms with van der Waals surface area (Å²) in [5.74, 6) is 0.603. The molecule has 86 valence electrons. The van der Waals surface area contributed by atoms with Gasteiger partial charge in [-0.05, 0) is 37.0 Å². The molecule has 1 aliphatic rings. The molecule has 1 heteroatoms. The highest BCUT2D eigenvalue weighted by molar-refractivity contribution is 5.66. The Bertz CT molecular complexity index is 415. The molecule has 1 heterocycles. The summed E-state index contributed by atoms with van der Waals surface area (Å²) in [6.45, 7) is 13.1. The first-order valence-electron chi connectivity index (χ1n) is 6.10. The Balaban J connectivity index is 2.42. The molecule has 0 N–H and O–H groups in total. The van der Waals surface area contributed by atoms with E-state index in [1.54, 1.807) is 0 Å². The molecule has 1 nitrogen and oxygen atoms in total. The average Bonchev–Trinajstić information content (AvgIpc) is 2.51. The van der Waals surface area contributed by atoms with Gasteiger partial charge in [-0.2, -0.15) is 0 Å². The number of hydrogen-bond donors (Lipinski definition) is 0. The van der Waals surface area contributed by atoms with Gasteiger partial charge in [0.25, 0.3) is 0 Å². The lowest BCUT2D eigenvalue weighted by Gasteiger charge is -2.25. The molecule has 0 spiro atoms. The van der Waals surface area contributed by atoms with Crippen LogP contribution in [0.4, 0.5) is 5.69 Å². The van der Waals surface area contributed by atoms with Crippen molar-refractivity contribution in [3.8, 4) is 0 Å². The minimum Gasteiger partial charge on any atom is -0.343 e. The fraction of sp³-hybridized carbons (Fsp3) is 0.467. The highest BCUT2D eigenvalue weighted by atomic mass is 15.2. The van der Waals surface area contributed by atoms with Gasteiger partial charge < -0.3 is 4.90 Å². The molecule has 1 aromatic rings. The summed E-state index contributed by atoms with van der Waals surface area (Å²) in [6, 6.07) is 7.34. The van der Waals surface area contributed by atoms with Gasteiger partial charge in [-0.3, -0.25) is 0 Å². The van der Waals surface area contributed by atoms with Gasteiger partial charge in [0.05, 0.1) is 0 Å². The lowest BCUT2D eigenvalue weighted by Crippen LogP contribution is -2.26. The minimum atomic E-state index is 0.499. The molecule has 0 atom stereocenters. The Morgan fingerprint density at radius 2 is 1.88 bits per heavy atom. The van der Waals surface area contributed by atoms with E-state index in [0.717, 1.165) is 6.42 Å². The van der Waals surface area contributed by atoms with Crippen LogP contribution in [0.2, 0.25) is 0 Å². The molecular formula is C15H21N. The molecule has 0 aromatic heterocycles. The highest BCUT2D eigenvalue weighted by Crippen LogP contribution is 2.36. The second-order valence-corrected chi connectivity index (χ2v) is 5.25. The van der Waals surface area contributed by atoms with E-state index in [0.29, 0.717) is 12.0 Å². The monoisotopic (exact) mass is 215 g/mol. The van der Waals surface area contributed by atoms with Crippen molar-refractivity contribution in [1.29, 1.82) is 0 Å². The smallest absolute Gasteiger partial charge is 0.0447 e. The Labute approximate surface area is 98.8 Å². The second kappa shape index (κ2) is 3.97. The maximum absolute atomic E-state index is 4.17. The van der Waals surface area contributed by atoms with Gasteiger partial charge in [0.15, 0.2) is 0 Å². The number of anilines is 1. The number of rotatable bonds is 2. The SMILES string of the molecule is C=C1Cc2cc(C(C)C)ccc2N1C(C)C. The van der Waals surface area contributed by atoms with E-state index in [1.807, 2.05) is 0 Å². The van der Waals surface area contributed by atoms with Crippen LogP contribution in [-0.4, -0.2) is 6.04 Å². The maximum atomic E-state index is 4.17. The second-order valence-electron chi connectivity index (χ2n) is 5.25. The van der Waals surface area contributed by atoms with Crippen LogP contribution in [-0.2, 0) is 6.42 Å². The van der Waals surface area contributed by atoms with Crippen molar-refractivity contribution in [2.24, 2.45) is 0 Å². The molecule has 0 aliphatic carbocycles. The Morgan fingerprint density at radius 1 is 1.19 bits per heavy atom. The van der Waals surface area contributed by atoms with Crippen LogP contribution < -0.4 is 4.90 Å². The number of fused-ring (bicyclic) bond motifs is 1. The first kappa shape index (κ1) is 11.3. The molecule has 0 saturated carbocycles. The summed E-state index contributed by atoms with van der Waals surface area (Å²) in [5, 5.41) is 0. The van der Waals surface area contributed by atoms with E-state index >= 15 is 0 Å². The molecule has 16 heavy (non-hydrogen) atoms. The van der Waals surface area contributed by atoms with Crippen LogP contribution in [0, 0.1) is 0 Å². The molecule has 1 aliphatic heterocycles. The molecule has 0 saturated heterocycles. The van der Waals surface area contributed by atoms with Crippen molar-refractivity contribution < 1.29 is 0 Å². The van der Waals surface area contributed by atoms with E-state index < -0.39 is 0 Å². The Morgan fingerprint density at radius 3 is 2.44 bits per heavy atom. The lowest BCUT2D eigenvalue weighted by atomic mass is 9.99. The van der Waals surface area contributed by atoms with Crippen molar-refractivity contribution in [1.82, 2.24) is 0 Å². The quantitative estimate of drug-likeness (QED) is 0.718. The summed E-state index contributed by atoms with van der Waals surface area (Å²) >= 11 is 0. The topological polar surface area (TPSA) is 3.24 Å². The minimum absolute atomic E-state index is 0.499. The summed E-state index contributed by atoms with van der Waals surface area (Å²) in [4.78, 5) is 2.35. The predicted octanol–water partition coefficient (Wildman–Crippen LogP) is 4.09. The van der Waals surface area contributed by atoms with Crippen LogP contribution in [0.5, 0.6) is 0 Å². The van der Waals surface area contributed by atoms with Crippen LogP contribution in [0.15, 0.2) is 30.5 Å². The molecule has 0 bridgehead atoms. The van der Waals surface area contributed by atoms with Gasteiger partial charge in [-0.15, -0.1) is 0 Å². The summed E-state index contributed by atoms with van der Waals surface area (Å²) in [5.41, 5.74) is 5.44. The van der Waals surface area contributed by atoms with Gasteiger partial charge in [0.1, 0.15) is 0 Å². The summed E-state index contributed by atoms with van der Waals surface area (Å²) < 4.78 is 0. The van der Waals surface area contributed by atoms with Crippen molar-refractivity contribution >= 4 is 5.69 Å². The van der Waals surface area contributed by atoms with Crippen LogP contribution in [0.25, 0.3) is 0 Å². The van der Waals surface area contributed by atoms with Gasteiger partial charge >= 0.3 is 0 Å². The third kappa shape index (κ3) is 1.75. The van der Waals surface area contributed by atoms with Crippen molar-refractivity contribution in [2.45, 2.75) is 46.1 Å². The van der Waals surface area contributed by atoms with Crippen molar-refractivity contribution in [3.63, 3.8) is 0 Å². The van der Waals surface area contributed by atoms with Crippen LogP contribution in [0.3, 0.4) is 0 Å². The molecule has 0 unspecified atom stereocenters. The number of benzene rings is 1. The van der Waals surface area contributed by atoms with Crippen molar-refractivity contribution in [3.05, 3.63) is 41.6 Å². The molecule has 0 amide bonds. The molecule has 0 fully saturated rings. The normalized spacial score (nSPS) is 15.1. The van der Waals surface area contributed by atoms with Gasteiger partial charge in [-0.1, -0.05) is 32.6 Å². The number of nitrogens with zero attached hydrogens (tertiary/aromatic N) is 1. The third-order valence-corrected chi connectivity index (χ3v) is 3.28. The Hall–Kier alpha value is -1.24. The van der Waals surface area contributed by atoms with E-state index in [4.69, 9.17) is 0 Å². The fourth-order valence-electron chi connectivity index (χ4n) is 2.46. The van der Waals surface area contributed by atoms with Gasteiger partial charge in [-0.25, -0.2) is 0 Å². The van der Waals surface area contributed by atoms with Gasteiger partial charge in [0.2, 0.25) is 0 Å². The summed E-state index contributed by atoms with van der Waals surface area (Å²) in [6.07, 6.45) is 1.01. The average molecular weight is 215 g/mol. The lowest BCUT2D eigenvalue weighted by molar-refractivity contribution is 0.764. The molecular weight excluding hydrogens is 194 g/mol. The number of hydrogen-bond acceptors (Lipinski definition) is 1. The first-order valence-corrected chi connectivity index (χ1v) is 6.10. The van der Waals surface area contributed by atoms with Crippen LogP contribution in [0.1, 0.15) is 44.7 Å². The van der Waals surface area contributed by atoms with E-state index in [9.17, 15) is 0 Å². The zero-order valence-corrected chi connectivity index (χ0v) is 10.7. The molecule has 0 radical (unpaired) electrons. The number of allylic oxidation sites excluding steroid dienone is 1. The standard InChI is InChI=1S/C15H21N/c1-10(2)13-6-7-15-14(9-13)8-12(5)16(15)11(3)4/h6-7,9-11H,5,8H2,1-4H3. The zero-order valence-electron chi connectivity index (χ0n) is 10.7. The largest absolute Gasteiger partial charge is 0.343 e. The zero-order chi connectivity index (χ0) is 11.9. The first-order chi connectivity index (χ1) is 7.50. The predicted molar refractivity (Wildman–Crippen MR) is 71.0 cm³/mol. The fourth-order valence-corrected chi connectivity index (χ4v) is 2.46. The van der Waals surface area contributed by atoms with Crippen molar-refractivity contribution in [2.75, 3.05) is 4.90 Å². The van der Waals surface area contributed by atoms with E-state index in [1.165, 1.54) is 22.5 Å². The molecule has 2 rings (SSSR count). The van der Waals surface area contributed by atoms with E-state index in [-0.39, 0.29) is 0 Å². The van der Waals surface area contributed by atoms with Crippen LogP contribution >= 0.6 is 0 Å². The van der Waals surface area contributed by atoms with Gasteiger partial charge in [0, 0.05) is 23.8 Å². The third-order valence-electron chi connectivity index (χ3n) is 3.28. The maximum Gasteiger partial charge on any atom is 0.0447 e. The Kier molecular flexibility index (Phi) is 2.79. The molecule has 1 aromatic carbocycles. The highest BCUT2D eigenvalue weighted by Gasteiger charge is 2.24. The van der Waals surface area contributed by atoms with E-state index in [2.05, 4.69) is 57.4 Å². The summed E-state index contributed by atoms with van der Waals surface area (Å²) in [7, 11) is 0.